The predicted molar refractivity (Wildman–Crippen MR) is 117 cm³/mol. The topological polar surface area (TPSA) is 93.4 Å². The number of carbonyl (C=O) groups is 2. The Balaban J connectivity index is 0.00000300. The molecule has 2 amide bonds. The van der Waals surface area contributed by atoms with Gasteiger partial charge >= 0.3 is 0 Å². The SMILES string of the molecule is CCOC1CC(N)(C(=O)Nc2ccc(C(=O)Nc3ccccc3)cc2)C1(C)C.Cl. The van der Waals surface area contributed by atoms with Crippen molar-refractivity contribution in [3.8, 4) is 0 Å². The summed E-state index contributed by atoms with van der Waals surface area (Å²) in [5.41, 5.74) is 6.79. The zero-order chi connectivity index (χ0) is 20.4. The Kier molecular flexibility index (Phi) is 7.06. The van der Waals surface area contributed by atoms with Crippen molar-refractivity contribution in [2.75, 3.05) is 17.2 Å². The monoisotopic (exact) mass is 417 g/mol. The third-order valence-corrected chi connectivity index (χ3v) is 5.67. The van der Waals surface area contributed by atoms with Crippen LogP contribution in [0.5, 0.6) is 0 Å². The van der Waals surface area contributed by atoms with Crippen molar-refractivity contribution in [1.82, 2.24) is 0 Å². The molecule has 0 aliphatic heterocycles. The summed E-state index contributed by atoms with van der Waals surface area (Å²) < 4.78 is 5.68. The second-order valence-corrected chi connectivity index (χ2v) is 7.69. The van der Waals surface area contributed by atoms with Gasteiger partial charge in [-0.1, -0.05) is 32.0 Å². The molecule has 6 nitrogen and oxygen atoms in total. The molecule has 1 aliphatic carbocycles. The first-order valence-corrected chi connectivity index (χ1v) is 9.46. The van der Waals surface area contributed by atoms with Crippen LogP contribution < -0.4 is 16.4 Å². The summed E-state index contributed by atoms with van der Waals surface area (Å²) in [6.07, 6.45) is 0.453. The highest BCUT2D eigenvalue weighted by Crippen LogP contribution is 2.50. The fourth-order valence-corrected chi connectivity index (χ4v) is 3.49. The fourth-order valence-electron chi connectivity index (χ4n) is 3.49. The molecule has 3 rings (SSSR count). The van der Waals surface area contributed by atoms with E-state index in [2.05, 4.69) is 10.6 Å². The third kappa shape index (κ3) is 4.45. The van der Waals surface area contributed by atoms with Gasteiger partial charge in [0, 0.05) is 35.4 Å². The van der Waals surface area contributed by atoms with Gasteiger partial charge in [-0.3, -0.25) is 9.59 Å². The number of nitrogens with one attached hydrogen (secondary N) is 2. The Bertz CT molecular complexity index is 855. The number of ether oxygens (including phenoxy) is 1. The van der Waals surface area contributed by atoms with Crippen LogP contribution in [0.2, 0.25) is 0 Å². The minimum absolute atomic E-state index is 0. The molecule has 1 fully saturated rings. The van der Waals surface area contributed by atoms with E-state index in [4.69, 9.17) is 10.5 Å². The Labute approximate surface area is 177 Å². The average molecular weight is 418 g/mol. The summed E-state index contributed by atoms with van der Waals surface area (Å²) in [6, 6.07) is 16.0. The van der Waals surface area contributed by atoms with Crippen molar-refractivity contribution in [1.29, 1.82) is 0 Å². The van der Waals surface area contributed by atoms with Crippen molar-refractivity contribution in [3.05, 3.63) is 60.2 Å². The van der Waals surface area contributed by atoms with Crippen molar-refractivity contribution in [3.63, 3.8) is 0 Å². The fraction of sp³-hybridized carbons (Fsp3) is 0.364. The number of benzene rings is 2. The zero-order valence-corrected chi connectivity index (χ0v) is 17.7. The predicted octanol–water partition coefficient (Wildman–Crippen LogP) is 3.83. The van der Waals surface area contributed by atoms with Crippen LogP contribution in [0.3, 0.4) is 0 Å². The summed E-state index contributed by atoms with van der Waals surface area (Å²) in [6.45, 7) is 6.43. The second kappa shape index (κ2) is 8.95. The van der Waals surface area contributed by atoms with E-state index in [1.165, 1.54) is 0 Å². The van der Waals surface area contributed by atoms with Crippen molar-refractivity contribution < 1.29 is 14.3 Å². The molecule has 2 aromatic carbocycles. The summed E-state index contributed by atoms with van der Waals surface area (Å²) in [5.74, 6) is -0.450. The molecule has 0 saturated heterocycles. The number of carbonyl (C=O) groups excluding carboxylic acids is 2. The summed E-state index contributed by atoms with van der Waals surface area (Å²) >= 11 is 0. The molecule has 0 spiro atoms. The van der Waals surface area contributed by atoms with E-state index in [1.807, 2.05) is 51.1 Å². The highest BCUT2D eigenvalue weighted by atomic mass is 35.5. The van der Waals surface area contributed by atoms with Gasteiger partial charge in [-0.15, -0.1) is 12.4 Å². The van der Waals surface area contributed by atoms with Crippen LogP contribution in [0.4, 0.5) is 11.4 Å². The number of hydrogen-bond donors (Lipinski definition) is 3. The second-order valence-electron chi connectivity index (χ2n) is 7.69. The van der Waals surface area contributed by atoms with Gasteiger partial charge in [0.1, 0.15) is 5.54 Å². The molecule has 7 heteroatoms. The first-order chi connectivity index (χ1) is 13.3. The van der Waals surface area contributed by atoms with E-state index in [9.17, 15) is 9.59 Å². The smallest absolute Gasteiger partial charge is 0.255 e. The third-order valence-electron chi connectivity index (χ3n) is 5.67. The number of anilines is 2. The van der Waals surface area contributed by atoms with Crippen molar-refractivity contribution in [2.24, 2.45) is 11.1 Å². The number of hydrogen-bond acceptors (Lipinski definition) is 4. The molecule has 0 bridgehead atoms. The van der Waals surface area contributed by atoms with E-state index in [-0.39, 0.29) is 30.3 Å². The molecule has 156 valence electrons. The molecule has 4 N–H and O–H groups in total. The van der Waals surface area contributed by atoms with Gasteiger partial charge in [0.05, 0.1) is 6.10 Å². The summed E-state index contributed by atoms with van der Waals surface area (Å²) in [5, 5.41) is 5.70. The zero-order valence-electron chi connectivity index (χ0n) is 16.9. The average Bonchev–Trinajstić information content (AvgIpc) is 2.69. The van der Waals surface area contributed by atoms with Crippen LogP contribution in [-0.4, -0.2) is 30.1 Å². The lowest BCUT2D eigenvalue weighted by molar-refractivity contribution is -0.166. The van der Waals surface area contributed by atoms with Gasteiger partial charge < -0.3 is 21.1 Å². The highest BCUT2D eigenvalue weighted by Gasteiger charge is 2.62. The van der Waals surface area contributed by atoms with E-state index in [1.54, 1.807) is 24.3 Å². The first-order valence-electron chi connectivity index (χ1n) is 9.46. The Morgan fingerprint density at radius 1 is 1.03 bits per heavy atom. The number of halogens is 1. The largest absolute Gasteiger partial charge is 0.378 e. The molecule has 2 aromatic rings. The minimum Gasteiger partial charge on any atom is -0.378 e. The molecule has 0 heterocycles. The molecular formula is C22H28ClN3O3. The molecule has 0 aromatic heterocycles. The maximum atomic E-state index is 12.8. The van der Waals surface area contributed by atoms with Gasteiger partial charge in [0.2, 0.25) is 5.91 Å². The van der Waals surface area contributed by atoms with Crippen molar-refractivity contribution >= 4 is 35.6 Å². The lowest BCUT2D eigenvalue weighted by Gasteiger charge is -2.57. The number of rotatable bonds is 6. The molecule has 29 heavy (non-hydrogen) atoms. The van der Waals surface area contributed by atoms with E-state index >= 15 is 0 Å². The Morgan fingerprint density at radius 2 is 1.62 bits per heavy atom. The summed E-state index contributed by atoms with van der Waals surface area (Å²) in [4.78, 5) is 25.1. The van der Waals surface area contributed by atoms with Gasteiger partial charge in [0.15, 0.2) is 0 Å². The van der Waals surface area contributed by atoms with E-state index < -0.39 is 11.0 Å². The lowest BCUT2D eigenvalue weighted by atomic mass is 9.54. The van der Waals surface area contributed by atoms with Crippen LogP contribution in [0.15, 0.2) is 54.6 Å². The quantitative estimate of drug-likeness (QED) is 0.665. The maximum absolute atomic E-state index is 12.8. The number of amides is 2. The van der Waals surface area contributed by atoms with Crippen LogP contribution >= 0.6 is 12.4 Å². The molecule has 2 unspecified atom stereocenters. The minimum atomic E-state index is -0.990. The normalized spacial score (nSPS) is 22.0. The molecule has 2 atom stereocenters. The summed E-state index contributed by atoms with van der Waals surface area (Å²) in [7, 11) is 0. The van der Waals surface area contributed by atoms with Crippen LogP contribution in [0, 0.1) is 5.41 Å². The number of nitrogens with two attached hydrogens (primary N) is 1. The van der Waals surface area contributed by atoms with E-state index in [0.29, 0.717) is 24.3 Å². The highest BCUT2D eigenvalue weighted by molar-refractivity contribution is 6.05. The van der Waals surface area contributed by atoms with Gasteiger partial charge in [-0.2, -0.15) is 0 Å². The molecule has 1 saturated carbocycles. The van der Waals surface area contributed by atoms with Crippen LogP contribution in [0.1, 0.15) is 37.6 Å². The van der Waals surface area contributed by atoms with Crippen LogP contribution in [-0.2, 0) is 9.53 Å². The van der Waals surface area contributed by atoms with Gasteiger partial charge in [-0.05, 0) is 43.3 Å². The van der Waals surface area contributed by atoms with E-state index in [0.717, 1.165) is 5.69 Å². The Hall–Kier alpha value is -2.41. The molecule has 0 radical (unpaired) electrons. The maximum Gasteiger partial charge on any atom is 0.255 e. The van der Waals surface area contributed by atoms with Gasteiger partial charge in [-0.25, -0.2) is 0 Å². The lowest BCUT2D eigenvalue weighted by Crippen LogP contribution is -2.74. The standard InChI is InChI=1S/C22H27N3O3.ClH/c1-4-28-18-14-22(23,21(18,2)3)20(27)25-17-12-10-15(11-13-17)19(26)24-16-8-6-5-7-9-16;/h5-13,18H,4,14,23H2,1-3H3,(H,24,26)(H,25,27);1H. The molecule has 1 aliphatic rings. The first kappa shape index (κ1) is 22.9. The molecular weight excluding hydrogens is 390 g/mol. The Morgan fingerprint density at radius 3 is 2.17 bits per heavy atom. The number of para-hydroxylation sites is 1. The van der Waals surface area contributed by atoms with Crippen molar-refractivity contribution in [2.45, 2.75) is 38.8 Å². The van der Waals surface area contributed by atoms with Gasteiger partial charge in [0.25, 0.3) is 5.91 Å². The van der Waals surface area contributed by atoms with Crippen LogP contribution in [0.25, 0.3) is 0 Å².